The maximum absolute atomic E-state index is 13.2. The zero-order chi connectivity index (χ0) is 15.4. The van der Waals surface area contributed by atoms with Crippen molar-refractivity contribution in [1.82, 2.24) is 5.32 Å². The summed E-state index contributed by atoms with van der Waals surface area (Å²) < 4.78 is 18.1. The van der Waals surface area contributed by atoms with Crippen molar-refractivity contribution in [2.75, 3.05) is 5.32 Å². The molecule has 0 saturated heterocycles. The van der Waals surface area contributed by atoms with E-state index in [1.165, 1.54) is 24.3 Å². The monoisotopic (exact) mass is 312 g/mol. The van der Waals surface area contributed by atoms with Crippen LogP contribution < -0.4 is 10.6 Å². The second-order valence-electron chi connectivity index (χ2n) is 4.01. The molecule has 0 radical (unpaired) electrons. The number of carbonyl (C=O) groups excluding carboxylic acids is 1. The lowest BCUT2D eigenvalue weighted by Crippen LogP contribution is -2.28. The highest BCUT2D eigenvalue weighted by molar-refractivity contribution is 6.30. The fourth-order valence-electron chi connectivity index (χ4n) is 1.50. The first-order valence-corrected chi connectivity index (χ1v) is 6.15. The standard InChI is InChI=1S/C13H10ClFN2O4/c14-9-3-1-7(5-10(9)15)17-13(20)16-6-8-2-4-11(21-8)12(18)19/h1-5H,6H2,(H,18,19)(H2,16,17,20). The number of aromatic carboxylic acids is 1. The average Bonchev–Trinajstić information content (AvgIpc) is 2.90. The van der Waals surface area contributed by atoms with E-state index in [-0.39, 0.29) is 28.8 Å². The van der Waals surface area contributed by atoms with Crippen molar-refractivity contribution >= 4 is 29.3 Å². The van der Waals surface area contributed by atoms with Crippen molar-refractivity contribution in [2.24, 2.45) is 0 Å². The number of hydrogen-bond donors (Lipinski definition) is 3. The Bertz CT molecular complexity index is 687. The summed E-state index contributed by atoms with van der Waals surface area (Å²) in [6.07, 6.45) is 0. The first kappa shape index (κ1) is 14.9. The Kier molecular flexibility index (Phi) is 4.44. The summed E-state index contributed by atoms with van der Waals surface area (Å²) in [7, 11) is 0. The van der Waals surface area contributed by atoms with Gasteiger partial charge in [-0.3, -0.25) is 0 Å². The quantitative estimate of drug-likeness (QED) is 0.809. The molecule has 0 aliphatic carbocycles. The number of benzene rings is 1. The van der Waals surface area contributed by atoms with Crippen LogP contribution in [0.25, 0.3) is 0 Å². The van der Waals surface area contributed by atoms with Gasteiger partial charge in [0.05, 0.1) is 11.6 Å². The molecule has 21 heavy (non-hydrogen) atoms. The Hall–Kier alpha value is -2.54. The van der Waals surface area contributed by atoms with E-state index >= 15 is 0 Å². The average molecular weight is 313 g/mol. The Morgan fingerprint density at radius 3 is 2.67 bits per heavy atom. The molecule has 0 aliphatic heterocycles. The molecule has 1 aromatic carbocycles. The van der Waals surface area contributed by atoms with Crippen LogP contribution in [-0.4, -0.2) is 17.1 Å². The van der Waals surface area contributed by atoms with Crippen LogP contribution in [-0.2, 0) is 6.54 Å². The molecule has 2 aromatic rings. The van der Waals surface area contributed by atoms with Gasteiger partial charge in [0.25, 0.3) is 0 Å². The third kappa shape index (κ3) is 3.96. The molecule has 8 heteroatoms. The fraction of sp³-hybridized carbons (Fsp3) is 0.0769. The van der Waals surface area contributed by atoms with Crippen LogP contribution in [0.4, 0.5) is 14.9 Å². The lowest BCUT2D eigenvalue weighted by Gasteiger charge is -2.07. The van der Waals surface area contributed by atoms with Crippen LogP contribution >= 0.6 is 11.6 Å². The molecule has 1 heterocycles. The fourth-order valence-corrected chi connectivity index (χ4v) is 1.62. The summed E-state index contributed by atoms with van der Waals surface area (Å²) >= 11 is 5.52. The van der Waals surface area contributed by atoms with Crippen molar-refractivity contribution in [3.05, 3.63) is 52.7 Å². The Balaban J connectivity index is 1.89. The number of rotatable bonds is 4. The summed E-state index contributed by atoms with van der Waals surface area (Å²) in [5.41, 5.74) is 0.236. The van der Waals surface area contributed by atoms with E-state index < -0.39 is 17.8 Å². The van der Waals surface area contributed by atoms with Crippen molar-refractivity contribution in [3.8, 4) is 0 Å². The van der Waals surface area contributed by atoms with Gasteiger partial charge in [0.2, 0.25) is 5.76 Å². The van der Waals surface area contributed by atoms with Gasteiger partial charge in [-0.05, 0) is 30.3 Å². The molecule has 0 spiro atoms. The van der Waals surface area contributed by atoms with Crippen LogP contribution in [0.15, 0.2) is 34.7 Å². The number of carboxylic acids is 1. The highest BCUT2D eigenvalue weighted by Crippen LogP contribution is 2.18. The van der Waals surface area contributed by atoms with Gasteiger partial charge >= 0.3 is 12.0 Å². The minimum absolute atomic E-state index is 0.00478. The molecule has 0 unspecified atom stereocenters. The van der Waals surface area contributed by atoms with Crippen LogP contribution in [0.1, 0.15) is 16.3 Å². The van der Waals surface area contributed by atoms with Gasteiger partial charge in [-0.2, -0.15) is 0 Å². The van der Waals surface area contributed by atoms with Crippen LogP contribution in [0, 0.1) is 5.82 Å². The lowest BCUT2D eigenvalue weighted by atomic mass is 10.3. The van der Waals surface area contributed by atoms with Gasteiger partial charge < -0.3 is 20.2 Å². The Labute approximate surface area is 123 Å². The Morgan fingerprint density at radius 2 is 2.05 bits per heavy atom. The number of halogens is 2. The summed E-state index contributed by atoms with van der Waals surface area (Å²) in [5.74, 6) is -1.77. The van der Waals surface area contributed by atoms with Crippen molar-refractivity contribution in [2.45, 2.75) is 6.54 Å². The normalized spacial score (nSPS) is 10.2. The zero-order valence-electron chi connectivity index (χ0n) is 10.5. The molecule has 1 aromatic heterocycles. The number of amides is 2. The first-order chi connectivity index (χ1) is 9.95. The van der Waals surface area contributed by atoms with E-state index in [0.29, 0.717) is 0 Å². The minimum Gasteiger partial charge on any atom is -0.475 e. The van der Waals surface area contributed by atoms with Gasteiger partial charge in [-0.15, -0.1) is 0 Å². The number of urea groups is 1. The topological polar surface area (TPSA) is 91.6 Å². The van der Waals surface area contributed by atoms with Gasteiger partial charge in [-0.25, -0.2) is 14.0 Å². The molecule has 6 nitrogen and oxygen atoms in total. The van der Waals surface area contributed by atoms with E-state index in [1.807, 2.05) is 0 Å². The molecule has 0 bridgehead atoms. The maximum atomic E-state index is 13.2. The molecule has 2 rings (SSSR count). The minimum atomic E-state index is -1.19. The van der Waals surface area contributed by atoms with E-state index in [2.05, 4.69) is 10.6 Å². The summed E-state index contributed by atoms with van der Waals surface area (Å²) in [6.45, 7) is -0.00478. The van der Waals surface area contributed by atoms with E-state index in [1.54, 1.807) is 0 Å². The van der Waals surface area contributed by atoms with E-state index in [4.69, 9.17) is 21.1 Å². The zero-order valence-corrected chi connectivity index (χ0v) is 11.3. The number of carboxylic acid groups (broad SMARTS) is 1. The maximum Gasteiger partial charge on any atom is 0.371 e. The largest absolute Gasteiger partial charge is 0.475 e. The molecule has 0 atom stereocenters. The van der Waals surface area contributed by atoms with Gasteiger partial charge in [-0.1, -0.05) is 11.6 Å². The second-order valence-corrected chi connectivity index (χ2v) is 4.41. The molecule has 0 saturated carbocycles. The van der Waals surface area contributed by atoms with Gasteiger partial charge in [0, 0.05) is 5.69 Å². The molecular formula is C13H10ClFN2O4. The van der Waals surface area contributed by atoms with Crippen molar-refractivity contribution < 1.29 is 23.5 Å². The number of anilines is 1. The van der Waals surface area contributed by atoms with E-state index in [0.717, 1.165) is 6.07 Å². The third-order valence-electron chi connectivity index (χ3n) is 2.47. The number of nitrogens with one attached hydrogen (secondary N) is 2. The summed E-state index contributed by atoms with van der Waals surface area (Å²) in [4.78, 5) is 22.2. The van der Waals surface area contributed by atoms with Crippen molar-refractivity contribution in [1.29, 1.82) is 0 Å². The molecule has 3 N–H and O–H groups in total. The summed E-state index contributed by atoms with van der Waals surface area (Å²) in [6, 6.07) is 5.97. The second kappa shape index (κ2) is 6.27. The lowest BCUT2D eigenvalue weighted by molar-refractivity contribution is 0.0660. The number of hydrogen-bond acceptors (Lipinski definition) is 3. The highest BCUT2D eigenvalue weighted by Gasteiger charge is 2.10. The van der Waals surface area contributed by atoms with Gasteiger partial charge in [0.15, 0.2) is 0 Å². The third-order valence-corrected chi connectivity index (χ3v) is 2.78. The van der Waals surface area contributed by atoms with E-state index in [9.17, 15) is 14.0 Å². The summed E-state index contributed by atoms with van der Waals surface area (Å²) in [5, 5.41) is 13.5. The molecule has 2 amide bonds. The predicted octanol–water partition coefficient (Wildman–Crippen LogP) is 3.09. The molecule has 0 aliphatic rings. The molecule has 110 valence electrons. The molecule has 0 fully saturated rings. The number of carbonyl (C=O) groups is 2. The first-order valence-electron chi connectivity index (χ1n) is 5.77. The Morgan fingerprint density at radius 1 is 1.29 bits per heavy atom. The van der Waals surface area contributed by atoms with Gasteiger partial charge in [0.1, 0.15) is 11.6 Å². The highest BCUT2D eigenvalue weighted by atomic mass is 35.5. The molecular weight excluding hydrogens is 303 g/mol. The SMILES string of the molecule is O=C(NCc1ccc(C(=O)O)o1)Nc1ccc(Cl)c(F)c1. The van der Waals surface area contributed by atoms with Crippen LogP contribution in [0.5, 0.6) is 0 Å². The van der Waals surface area contributed by atoms with Crippen LogP contribution in [0.2, 0.25) is 5.02 Å². The number of furan rings is 1. The smallest absolute Gasteiger partial charge is 0.371 e. The van der Waals surface area contributed by atoms with Crippen molar-refractivity contribution in [3.63, 3.8) is 0 Å². The van der Waals surface area contributed by atoms with Crippen LogP contribution in [0.3, 0.4) is 0 Å². The predicted molar refractivity (Wildman–Crippen MR) is 72.9 cm³/mol.